The van der Waals surface area contributed by atoms with Crippen LogP contribution in [0.25, 0.3) is 6.08 Å². The quantitative estimate of drug-likeness (QED) is 0.643. The molecule has 0 saturated heterocycles. The molecule has 0 aliphatic rings. The molecule has 1 aromatic heterocycles. The van der Waals surface area contributed by atoms with Crippen LogP contribution in [0.3, 0.4) is 0 Å². The molecule has 3 nitrogen and oxygen atoms in total. The first-order valence-electron chi connectivity index (χ1n) is 5.55. The Kier molecular flexibility index (Phi) is 3.77. The second-order valence-corrected chi connectivity index (χ2v) is 4.87. The van der Waals surface area contributed by atoms with E-state index in [-0.39, 0.29) is 5.78 Å². The fraction of sp³-hybridized carbons (Fsp3) is 0.143. The highest BCUT2D eigenvalue weighted by molar-refractivity contribution is 9.10. The summed E-state index contributed by atoms with van der Waals surface area (Å²) in [5.74, 6) is -0.0474. The first-order valence-corrected chi connectivity index (χ1v) is 6.35. The van der Waals surface area contributed by atoms with Gasteiger partial charge in [0.1, 0.15) is 5.69 Å². The van der Waals surface area contributed by atoms with Crippen LogP contribution in [0.1, 0.15) is 21.7 Å². The number of halogens is 1. The van der Waals surface area contributed by atoms with Gasteiger partial charge in [0.05, 0.1) is 5.69 Å². The molecule has 0 radical (unpaired) electrons. The summed E-state index contributed by atoms with van der Waals surface area (Å²) < 4.78 is 2.57. The first kappa shape index (κ1) is 12.8. The Morgan fingerprint density at radius 3 is 2.72 bits per heavy atom. The lowest BCUT2D eigenvalue weighted by molar-refractivity contribution is 0.103. The van der Waals surface area contributed by atoms with Crippen molar-refractivity contribution in [2.45, 2.75) is 6.92 Å². The topological polar surface area (TPSA) is 34.9 Å². The standard InChI is InChI=1S/C14H13BrN2O/c1-10-9-13(17(2)16-10)14(18)8-7-11-5-3-4-6-12(11)15/h3-9H,1-2H3/b8-7+. The molecular formula is C14H13BrN2O. The van der Waals surface area contributed by atoms with Crippen LogP contribution in [0.15, 0.2) is 40.9 Å². The van der Waals surface area contributed by atoms with Gasteiger partial charge in [-0.15, -0.1) is 0 Å². The summed E-state index contributed by atoms with van der Waals surface area (Å²) in [5.41, 5.74) is 2.41. The number of carbonyl (C=O) groups is 1. The Bertz CT molecular complexity index is 614. The van der Waals surface area contributed by atoms with E-state index in [2.05, 4.69) is 21.0 Å². The second kappa shape index (κ2) is 5.31. The highest BCUT2D eigenvalue weighted by Gasteiger charge is 2.08. The Hall–Kier alpha value is -1.68. The zero-order valence-electron chi connectivity index (χ0n) is 10.2. The molecule has 1 heterocycles. The smallest absolute Gasteiger partial charge is 0.203 e. The third kappa shape index (κ3) is 2.76. The molecule has 0 aliphatic heterocycles. The van der Waals surface area contributed by atoms with Gasteiger partial charge in [-0.3, -0.25) is 9.48 Å². The van der Waals surface area contributed by atoms with Gasteiger partial charge in [0.2, 0.25) is 5.78 Å². The van der Waals surface area contributed by atoms with Crippen LogP contribution >= 0.6 is 15.9 Å². The fourth-order valence-corrected chi connectivity index (χ4v) is 2.12. The molecule has 0 unspecified atom stereocenters. The number of benzene rings is 1. The van der Waals surface area contributed by atoms with E-state index in [1.54, 1.807) is 29.9 Å². The predicted octanol–water partition coefficient (Wildman–Crippen LogP) is 3.39. The summed E-state index contributed by atoms with van der Waals surface area (Å²) in [6.45, 7) is 1.87. The number of carbonyl (C=O) groups excluding carboxylic acids is 1. The molecule has 0 bridgehead atoms. The maximum atomic E-state index is 12.0. The van der Waals surface area contributed by atoms with Crippen molar-refractivity contribution in [1.29, 1.82) is 0 Å². The van der Waals surface area contributed by atoms with Crippen LogP contribution in [0.4, 0.5) is 0 Å². The van der Waals surface area contributed by atoms with E-state index < -0.39 is 0 Å². The monoisotopic (exact) mass is 304 g/mol. The van der Waals surface area contributed by atoms with E-state index in [1.165, 1.54) is 0 Å². The summed E-state index contributed by atoms with van der Waals surface area (Å²) in [6.07, 6.45) is 3.37. The second-order valence-electron chi connectivity index (χ2n) is 4.01. The van der Waals surface area contributed by atoms with E-state index in [4.69, 9.17) is 0 Å². The van der Waals surface area contributed by atoms with Crippen molar-refractivity contribution in [3.8, 4) is 0 Å². The van der Waals surface area contributed by atoms with Crippen molar-refractivity contribution in [2.75, 3.05) is 0 Å². The van der Waals surface area contributed by atoms with Gasteiger partial charge in [0.15, 0.2) is 0 Å². The first-order chi connectivity index (χ1) is 8.58. The largest absolute Gasteiger partial charge is 0.288 e. The van der Waals surface area contributed by atoms with Gasteiger partial charge in [-0.25, -0.2) is 0 Å². The van der Waals surface area contributed by atoms with E-state index in [9.17, 15) is 4.79 Å². The SMILES string of the molecule is Cc1cc(C(=O)/C=C/c2ccccc2Br)n(C)n1. The van der Waals surface area contributed by atoms with Crippen molar-refractivity contribution in [3.63, 3.8) is 0 Å². The number of aromatic nitrogens is 2. The van der Waals surface area contributed by atoms with Gasteiger partial charge in [0, 0.05) is 11.5 Å². The third-order valence-electron chi connectivity index (χ3n) is 2.57. The van der Waals surface area contributed by atoms with Crippen molar-refractivity contribution in [3.05, 3.63) is 57.8 Å². The molecule has 92 valence electrons. The summed E-state index contributed by atoms with van der Waals surface area (Å²) in [4.78, 5) is 12.0. The summed E-state index contributed by atoms with van der Waals surface area (Å²) in [5, 5.41) is 4.16. The zero-order chi connectivity index (χ0) is 13.1. The molecule has 0 saturated carbocycles. The van der Waals surface area contributed by atoms with Crippen LogP contribution in [0.5, 0.6) is 0 Å². The Balaban J connectivity index is 2.22. The van der Waals surface area contributed by atoms with Crippen molar-refractivity contribution >= 4 is 27.8 Å². The summed E-state index contributed by atoms with van der Waals surface area (Å²) in [7, 11) is 1.77. The minimum Gasteiger partial charge on any atom is -0.288 e. The van der Waals surface area contributed by atoms with Crippen molar-refractivity contribution < 1.29 is 4.79 Å². The van der Waals surface area contributed by atoms with Crippen LogP contribution in [0.2, 0.25) is 0 Å². The van der Waals surface area contributed by atoms with E-state index in [0.29, 0.717) is 5.69 Å². The lowest BCUT2D eigenvalue weighted by Crippen LogP contribution is -2.03. The van der Waals surface area contributed by atoms with Crippen LogP contribution in [0, 0.1) is 6.92 Å². The Labute approximate surface area is 114 Å². The van der Waals surface area contributed by atoms with Gasteiger partial charge >= 0.3 is 0 Å². The molecule has 4 heteroatoms. The highest BCUT2D eigenvalue weighted by Crippen LogP contribution is 2.17. The molecule has 18 heavy (non-hydrogen) atoms. The fourth-order valence-electron chi connectivity index (χ4n) is 1.70. The molecule has 2 rings (SSSR count). The minimum atomic E-state index is -0.0474. The number of aryl methyl sites for hydroxylation is 2. The zero-order valence-corrected chi connectivity index (χ0v) is 11.8. The van der Waals surface area contributed by atoms with Crippen LogP contribution < -0.4 is 0 Å². The maximum Gasteiger partial charge on any atom is 0.203 e. The van der Waals surface area contributed by atoms with Gasteiger partial charge in [0.25, 0.3) is 0 Å². The Morgan fingerprint density at radius 1 is 1.39 bits per heavy atom. The summed E-state index contributed by atoms with van der Waals surface area (Å²) >= 11 is 3.44. The molecular weight excluding hydrogens is 292 g/mol. The molecule has 2 aromatic rings. The molecule has 0 N–H and O–H groups in total. The number of hydrogen-bond acceptors (Lipinski definition) is 2. The number of nitrogens with zero attached hydrogens (tertiary/aromatic N) is 2. The third-order valence-corrected chi connectivity index (χ3v) is 3.30. The normalized spacial score (nSPS) is 11.1. The molecule has 0 fully saturated rings. The highest BCUT2D eigenvalue weighted by atomic mass is 79.9. The lowest BCUT2D eigenvalue weighted by Gasteiger charge is -1.98. The Morgan fingerprint density at radius 2 is 2.11 bits per heavy atom. The van der Waals surface area contributed by atoms with E-state index in [0.717, 1.165) is 15.7 Å². The number of ketones is 1. The molecule has 1 aromatic carbocycles. The number of rotatable bonds is 3. The van der Waals surface area contributed by atoms with Crippen LogP contribution in [-0.2, 0) is 7.05 Å². The van der Waals surface area contributed by atoms with Crippen LogP contribution in [-0.4, -0.2) is 15.6 Å². The molecule has 0 atom stereocenters. The average Bonchev–Trinajstić information content (AvgIpc) is 2.67. The summed E-state index contributed by atoms with van der Waals surface area (Å²) in [6, 6.07) is 9.55. The van der Waals surface area contributed by atoms with Crippen molar-refractivity contribution in [2.24, 2.45) is 7.05 Å². The van der Waals surface area contributed by atoms with Gasteiger partial charge in [-0.05, 0) is 36.8 Å². The average molecular weight is 305 g/mol. The van der Waals surface area contributed by atoms with Gasteiger partial charge in [-0.1, -0.05) is 34.1 Å². The van der Waals surface area contributed by atoms with Gasteiger partial charge < -0.3 is 0 Å². The van der Waals surface area contributed by atoms with Gasteiger partial charge in [-0.2, -0.15) is 5.10 Å². The maximum absolute atomic E-state index is 12.0. The van der Waals surface area contributed by atoms with E-state index in [1.807, 2.05) is 31.2 Å². The number of allylic oxidation sites excluding steroid dienone is 1. The molecule has 0 amide bonds. The molecule has 0 aliphatic carbocycles. The lowest BCUT2D eigenvalue weighted by atomic mass is 10.1. The predicted molar refractivity (Wildman–Crippen MR) is 75.5 cm³/mol. The number of hydrogen-bond donors (Lipinski definition) is 0. The molecule has 0 spiro atoms. The minimum absolute atomic E-state index is 0.0474. The van der Waals surface area contributed by atoms with E-state index >= 15 is 0 Å². The van der Waals surface area contributed by atoms with Crippen molar-refractivity contribution in [1.82, 2.24) is 9.78 Å².